The molecule has 1 heterocycles. The number of esters is 1. The summed E-state index contributed by atoms with van der Waals surface area (Å²) >= 11 is 0. The number of hydrogen-bond acceptors (Lipinski definition) is 3. The number of nitrogens with one attached hydrogen (secondary N) is 1. The Morgan fingerprint density at radius 3 is 2.50 bits per heavy atom. The number of ether oxygens (including phenoxy) is 1. The van der Waals surface area contributed by atoms with Crippen molar-refractivity contribution < 1.29 is 9.53 Å². The zero-order valence-electron chi connectivity index (χ0n) is 9.54. The first kappa shape index (κ1) is 11.5. The maximum atomic E-state index is 11.4. The lowest BCUT2D eigenvalue weighted by molar-refractivity contribution is -0.147. The van der Waals surface area contributed by atoms with Gasteiger partial charge in [0.2, 0.25) is 0 Å². The fourth-order valence-corrected chi connectivity index (χ4v) is 2.15. The van der Waals surface area contributed by atoms with Crippen LogP contribution in [0.25, 0.3) is 0 Å². The maximum absolute atomic E-state index is 11.4. The van der Waals surface area contributed by atoms with Crippen LogP contribution in [0.15, 0.2) is 0 Å². The van der Waals surface area contributed by atoms with E-state index in [1.807, 2.05) is 0 Å². The van der Waals surface area contributed by atoms with Gasteiger partial charge in [-0.1, -0.05) is 13.8 Å². The summed E-state index contributed by atoms with van der Waals surface area (Å²) < 4.78 is 4.78. The molecule has 1 rings (SSSR count). The Balaban J connectivity index is 2.51. The second-order valence-electron chi connectivity index (χ2n) is 4.51. The van der Waals surface area contributed by atoms with E-state index in [0.717, 1.165) is 12.8 Å². The van der Waals surface area contributed by atoms with E-state index < -0.39 is 0 Å². The lowest BCUT2D eigenvalue weighted by Gasteiger charge is -2.36. The molecule has 0 saturated carbocycles. The van der Waals surface area contributed by atoms with E-state index in [4.69, 9.17) is 4.74 Å². The molecule has 0 aromatic carbocycles. The third-order valence-electron chi connectivity index (χ3n) is 3.18. The third-order valence-corrected chi connectivity index (χ3v) is 3.18. The highest BCUT2D eigenvalue weighted by Crippen LogP contribution is 2.24. The van der Waals surface area contributed by atoms with Crippen molar-refractivity contribution in [2.24, 2.45) is 11.8 Å². The standard InChI is InChI=1S/C11H21NO2/c1-7(2)10-6-5-9(8(3)12-10)11(13)14-4/h7-10,12H,5-6H2,1-4H3. The van der Waals surface area contributed by atoms with Crippen LogP contribution in [0.5, 0.6) is 0 Å². The Hall–Kier alpha value is -0.570. The highest BCUT2D eigenvalue weighted by atomic mass is 16.5. The van der Waals surface area contributed by atoms with Gasteiger partial charge in [0.25, 0.3) is 0 Å². The van der Waals surface area contributed by atoms with Gasteiger partial charge in [-0.15, -0.1) is 0 Å². The summed E-state index contributed by atoms with van der Waals surface area (Å²) in [6.07, 6.45) is 2.02. The minimum absolute atomic E-state index is 0.0370. The monoisotopic (exact) mass is 199 g/mol. The minimum Gasteiger partial charge on any atom is -0.469 e. The quantitative estimate of drug-likeness (QED) is 0.686. The molecular formula is C11H21NO2. The number of carbonyl (C=O) groups is 1. The summed E-state index contributed by atoms with van der Waals surface area (Å²) in [4.78, 5) is 11.4. The lowest BCUT2D eigenvalue weighted by Crippen LogP contribution is -2.50. The molecule has 0 bridgehead atoms. The van der Waals surface area contributed by atoms with E-state index in [9.17, 15) is 4.79 Å². The van der Waals surface area contributed by atoms with Gasteiger partial charge in [-0.05, 0) is 25.7 Å². The van der Waals surface area contributed by atoms with Gasteiger partial charge >= 0.3 is 5.97 Å². The summed E-state index contributed by atoms with van der Waals surface area (Å²) in [7, 11) is 1.46. The predicted octanol–water partition coefficient (Wildman–Crippen LogP) is 1.57. The molecule has 1 aliphatic rings. The van der Waals surface area contributed by atoms with Gasteiger partial charge in [-0.3, -0.25) is 4.79 Å². The molecule has 0 aliphatic carbocycles. The molecule has 1 N–H and O–H groups in total. The molecule has 0 aromatic heterocycles. The number of piperidine rings is 1. The van der Waals surface area contributed by atoms with Crippen molar-refractivity contribution >= 4 is 5.97 Å². The molecule has 3 heteroatoms. The first-order valence-corrected chi connectivity index (χ1v) is 5.40. The zero-order chi connectivity index (χ0) is 10.7. The summed E-state index contributed by atoms with van der Waals surface area (Å²) in [5.41, 5.74) is 0. The average molecular weight is 199 g/mol. The van der Waals surface area contributed by atoms with E-state index in [1.165, 1.54) is 7.11 Å². The van der Waals surface area contributed by atoms with Crippen LogP contribution >= 0.6 is 0 Å². The van der Waals surface area contributed by atoms with Crippen molar-refractivity contribution in [3.63, 3.8) is 0 Å². The molecule has 0 spiro atoms. The van der Waals surface area contributed by atoms with Crippen molar-refractivity contribution in [3.8, 4) is 0 Å². The van der Waals surface area contributed by atoms with E-state index in [2.05, 4.69) is 26.1 Å². The molecular weight excluding hydrogens is 178 g/mol. The Morgan fingerprint density at radius 2 is 2.07 bits per heavy atom. The zero-order valence-corrected chi connectivity index (χ0v) is 9.54. The fraction of sp³-hybridized carbons (Fsp3) is 0.909. The second kappa shape index (κ2) is 4.78. The predicted molar refractivity (Wildman–Crippen MR) is 56.0 cm³/mol. The smallest absolute Gasteiger partial charge is 0.310 e. The molecule has 3 unspecified atom stereocenters. The Labute approximate surface area is 86.2 Å². The SMILES string of the molecule is COC(=O)C1CCC(C(C)C)NC1C. The number of rotatable bonds is 2. The van der Waals surface area contributed by atoms with Gasteiger partial charge in [0.05, 0.1) is 13.0 Å². The molecule has 0 aromatic rings. The van der Waals surface area contributed by atoms with Gasteiger partial charge in [-0.25, -0.2) is 0 Å². The number of hydrogen-bond donors (Lipinski definition) is 1. The molecule has 0 amide bonds. The van der Waals surface area contributed by atoms with Crippen LogP contribution in [0.4, 0.5) is 0 Å². The Morgan fingerprint density at radius 1 is 1.43 bits per heavy atom. The summed E-state index contributed by atoms with van der Waals surface area (Å²) in [6, 6.07) is 0.787. The molecule has 14 heavy (non-hydrogen) atoms. The van der Waals surface area contributed by atoms with Gasteiger partial charge < -0.3 is 10.1 Å². The van der Waals surface area contributed by atoms with Crippen LogP contribution in [-0.2, 0) is 9.53 Å². The summed E-state index contributed by atoms with van der Waals surface area (Å²) in [6.45, 7) is 6.49. The highest BCUT2D eigenvalue weighted by Gasteiger charge is 2.33. The maximum Gasteiger partial charge on any atom is 0.310 e. The average Bonchev–Trinajstić information content (AvgIpc) is 2.16. The van der Waals surface area contributed by atoms with Crippen molar-refractivity contribution in [2.45, 2.75) is 45.7 Å². The molecule has 0 radical (unpaired) electrons. The van der Waals surface area contributed by atoms with Crippen LogP contribution in [-0.4, -0.2) is 25.2 Å². The second-order valence-corrected chi connectivity index (χ2v) is 4.51. The van der Waals surface area contributed by atoms with Gasteiger partial charge in [0.1, 0.15) is 0 Å². The molecule has 1 fully saturated rings. The van der Waals surface area contributed by atoms with Gasteiger partial charge in [0, 0.05) is 12.1 Å². The molecule has 1 aliphatic heterocycles. The van der Waals surface area contributed by atoms with Crippen LogP contribution in [0.3, 0.4) is 0 Å². The van der Waals surface area contributed by atoms with E-state index in [1.54, 1.807) is 0 Å². The summed E-state index contributed by atoms with van der Waals surface area (Å²) in [5, 5.41) is 3.48. The van der Waals surface area contributed by atoms with Crippen LogP contribution in [0, 0.1) is 11.8 Å². The van der Waals surface area contributed by atoms with E-state index >= 15 is 0 Å². The third kappa shape index (κ3) is 2.47. The van der Waals surface area contributed by atoms with Gasteiger partial charge in [-0.2, -0.15) is 0 Å². The van der Waals surface area contributed by atoms with E-state index in [-0.39, 0.29) is 17.9 Å². The Kier molecular flexibility index (Phi) is 3.93. The molecule has 3 atom stereocenters. The highest BCUT2D eigenvalue weighted by molar-refractivity contribution is 5.73. The van der Waals surface area contributed by atoms with Crippen molar-refractivity contribution in [2.75, 3.05) is 7.11 Å². The molecule has 1 saturated heterocycles. The van der Waals surface area contributed by atoms with Crippen LogP contribution in [0.1, 0.15) is 33.6 Å². The number of carbonyl (C=O) groups excluding carboxylic acids is 1. The number of methoxy groups -OCH3 is 1. The Bertz CT molecular complexity index is 203. The van der Waals surface area contributed by atoms with Gasteiger partial charge in [0.15, 0.2) is 0 Å². The topological polar surface area (TPSA) is 38.3 Å². The molecule has 3 nitrogen and oxygen atoms in total. The molecule has 82 valence electrons. The minimum atomic E-state index is -0.0767. The van der Waals surface area contributed by atoms with Crippen molar-refractivity contribution in [1.29, 1.82) is 0 Å². The first-order chi connectivity index (χ1) is 6.56. The van der Waals surface area contributed by atoms with Crippen molar-refractivity contribution in [3.05, 3.63) is 0 Å². The summed E-state index contributed by atoms with van der Waals surface area (Å²) in [5.74, 6) is 0.596. The van der Waals surface area contributed by atoms with Crippen LogP contribution in [0.2, 0.25) is 0 Å². The van der Waals surface area contributed by atoms with Crippen LogP contribution < -0.4 is 5.32 Å². The van der Waals surface area contributed by atoms with E-state index in [0.29, 0.717) is 12.0 Å². The first-order valence-electron chi connectivity index (χ1n) is 5.40. The van der Waals surface area contributed by atoms with Crippen molar-refractivity contribution in [1.82, 2.24) is 5.32 Å². The normalized spacial score (nSPS) is 33.1. The fourth-order valence-electron chi connectivity index (χ4n) is 2.15. The largest absolute Gasteiger partial charge is 0.469 e. The lowest BCUT2D eigenvalue weighted by atomic mass is 9.84.